The second-order valence-electron chi connectivity index (χ2n) is 9.33. The van der Waals surface area contributed by atoms with Gasteiger partial charge in [-0.1, -0.05) is 36.8 Å². The third kappa shape index (κ3) is 3.12. The number of para-hydroxylation sites is 2. The molecule has 6 rings (SSSR count). The largest absolute Gasteiger partial charge is 0.497 e. The van der Waals surface area contributed by atoms with E-state index in [0.29, 0.717) is 11.8 Å². The van der Waals surface area contributed by atoms with Crippen molar-refractivity contribution in [1.29, 1.82) is 0 Å². The molecule has 3 aromatic rings. The van der Waals surface area contributed by atoms with Gasteiger partial charge < -0.3 is 19.7 Å². The normalized spacial score (nSPS) is 25.3. The number of rotatable bonds is 4. The molecular weight excluding hydrogens is 408 g/mol. The summed E-state index contributed by atoms with van der Waals surface area (Å²) in [5.41, 5.74) is 6.24. The van der Waals surface area contributed by atoms with E-state index in [1.54, 1.807) is 14.2 Å². The Morgan fingerprint density at radius 3 is 2.27 bits per heavy atom. The molecular formula is C29H30N2O2. The minimum Gasteiger partial charge on any atom is -0.497 e. The maximum Gasteiger partial charge on any atom is 0.119 e. The van der Waals surface area contributed by atoms with Crippen LogP contribution < -0.4 is 19.7 Å². The average molecular weight is 439 g/mol. The van der Waals surface area contributed by atoms with Crippen LogP contribution in [0.2, 0.25) is 0 Å². The Bertz CT molecular complexity index is 1190. The molecule has 1 spiro atoms. The Morgan fingerprint density at radius 1 is 0.848 bits per heavy atom. The molecule has 33 heavy (non-hydrogen) atoms. The van der Waals surface area contributed by atoms with E-state index >= 15 is 0 Å². The van der Waals surface area contributed by atoms with Gasteiger partial charge in [0, 0.05) is 17.5 Å². The molecule has 1 N–H and O–H groups in total. The molecule has 1 fully saturated rings. The summed E-state index contributed by atoms with van der Waals surface area (Å²) in [7, 11) is 3.45. The molecule has 2 heterocycles. The van der Waals surface area contributed by atoms with Crippen molar-refractivity contribution < 1.29 is 9.47 Å². The molecule has 168 valence electrons. The van der Waals surface area contributed by atoms with E-state index in [4.69, 9.17) is 9.47 Å². The molecule has 2 aliphatic heterocycles. The highest BCUT2D eigenvalue weighted by Crippen LogP contribution is 2.59. The molecule has 0 aromatic heterocycles. The fourth-order valence-electron chi connectivity index (χ4n) is 6.22. The Kier molecular flexibility index (Phi) is 4.83. The summed E-state index contributed by atoms with van der Waals surface area (Å²) in [6.07, 6.45) is 7.35. The van der Waals surface area contributed by atoms with Gasteiger partial charge in [0.2, 0.25) is 0 Å². The molecule has 3 aliphatic rings. The first-order valence-corrected chi connectivity index (χ1v) is 11.9. The molecule has 4 heteroatoms. The number of anilines is 2. The summed E-state index contributed by atoms with van der Waals surface area (Å²) in [4.78, 5) is 2.61. The third-order valence-electron chi connectivity index (χ3n) is 7.73. The maximum absolute atomic E-state index is 5.44. The number of nitrogens with one attached hydrogen (secondary N) is 1. The number of benzene rings is 3. The molecule has 3 unspecified atom stereocenters. The minimum atomic E-state index is -0.115. The van der Waals surface area contributed by atoms with Crippen molar-refractivity contribution in [2.24, 2.45) is 5.92 Å². The fraction of sp³-hybridized carbons (Fsp3) is 0.310. The molecule has 4 nitrogen and oxygen atoms in total. The maximum atomic E-state index is 5.44. The van der Waals surface area contributed by atoms with Gasteiger partial charge in [0.25, 0.3) is 0 Å². The van der Waals surface area contributed by atoms with Gasteiger partial charge in [-0.15, -0.1) is 0 Å². The molecule has 3 aromatic carbocycles. The van der Waals surface area contributed by atoms with Crippen molar-refractivity contribution in [3.8, 4) is 11.5 Å². The van der Waals surface area contributed by atoms with E-state index < -0.39 is 0 Å². The number of methoxy groups -OCH3 is 2. The highest BCUT2D eigenvalue weighted by Gasteiger charge is 2.56. The number of fused-ring (bicyclic) bond motifs is 2. The van der Waals surface area contributed by atoms with Crippen LogP contribution in [-0.2, 0) is 0 Å². The molecule has 0 radical (unpaired) electrons. The molecule has 3 atom stereocenters. The second-order valence-corrected chi connectivity index (χ2v) is 9.33. The van der Waals surface area contributed by atoms with Gasteiger partial charge in [-0.3, -0.25) is 0 Å². The van der Waals surface area contributed by atoms with Gasteiger partial charge in [-0.05, 0) is 78.9 Å². The van der Waals surface area contributed by atoms with Crippen LogP contribution in [0.5, 0.6) is 11.5 Å². The summed E-state index contributed by atoms with van der Waals surface area (Å²) < 4.78 is 10.9. The van der Waals surface area contributed by atoms with Crippen LogP contribution in [0.15, 0.2) is 78.9 Å². The first-order chi connectivity index (χ1) is 16.2. The average Bonchev–Trinajstić information content (AvgIpc) is 3.21. The monoisotopic (exact) mass is 438 g/mol. The Hall–Kier alpha value is -3.40. The number of ether oxygens (including phenoxy) is 2. The molecule has 0 bridgehead atoms. The summed E-state index contributed by atoms with van der Waals surface area (Å²) in [5.74, 6) is 2.59. The summed E-state index contributed by atoms with van der Waals surface area (Å²) in [6, 6.07) is 25.9. The van der Waals surface area contributed by atoms with Crippen molar-refractivity contribution in [2.45, 2.75) is 37.3 Å². The van der Waals surface area contributed by atoms with Crippen LogP contribution in [0.4, 0.5) is 11.4 Å². The van der Waals surface area contributed by atoms with Crippen LogP contribution in [0.3, 0.4) is 0 Å². The van der Waals surface area contributed by atoms with Crippen LogP contribution in [0, 0.1) is 5.92 Å². The van der Waals surface area contributed by atoms with Gasteiger partial charge in [0.15, 0.2) is 0 Å². The van der Waals surface area contributed by atoms with Gasteiger partial charge in [0.1, 0.15) is 17.2 Å². The molecule has 1 aliphatic carbocycles. The first-order valence-electron chi connectivity index (χ1n) is 11.9. The minimum absolute atomic E-state index is 0.115. The van der Waals surface area contributed by atoms with E-state index in [0.717, 1.165) is 17.9 Å². The van der Waals surface area contributed by atoms with Crippen molar-refractivity contribution in [2.75, 3.05) is 24.4 Å². The topological polar surface area (TPSA) is 33.7 Å². The number of nitrogens with zero attached hydrogens (tertiary/aromatic N) is 1. The second kappa shape index (κ2) is 7.87. The van der Waals surface area contributed by atoms with Crippen LogP contribution in [-0.4, -0.2) is 19.9 Å². The van der Waals surface area contributed by atoms with E-state index in [1.165, 1.54) is 47.5 Å². The lowest BCUT2D eigenvalue weighted by Crippen LogP contribution is -2.60. The highest BCUT2D eigenvalue weighted by atomic mass is 16.5. The van der Waals surface area contributed by atoms with Gasteiger partial charge >= 0.3 is 0 Å². The fourth-order valence-corrected chi connectivity index (χ4v) is 6.22. The zero-order chi connectivity index (χ0) is 22.4. The van der Waals surface area contributed by atoms with E-state index in [1.807, 2.05) is 0 Å². The van der Waals surface area contributed by atoms with Crippen molar-refractivity contribution in [3.05, 3.63) is 90.0 Å². The van der Waals surface area contributed by atoms with E-state index in [-0.39, 0.29) is 5.66 Å². The summed E-state index contributed by atoms with van der Waals surface area (Å²) in [5, 5.41) is 4.03. The Balaban J connectivity index is 1.55. The van der Waals surface area contributed by atoms with Crippen molar-refractivity contribution >= 4 is 17.1 Å². The van der Waals surface area contributed by atoms with Gasteiger partial charge in [-0.2, -0.15) is 0 Å². The van der Waals surface area contributed by atoms with Crippen LogP contribution in [0.25, 0.3) is 5.70 Å². The molecule has 0 amide bonds. The quantitative estimate of drug-likeness (QED) is 0.494. The zero-order valence-corrected chi connectivity index (χ0v) is 19.3. The Morgan fingerprint density at radius 2 is 1.55 bits per heavy atom. The van der Waals surface area contributed by atoms with Crippen molar-refractivity contribution in [3.63, 3.8) is 0 Å². The van der Waals surface area contributed by atoms with Crippen LogP contribution >= 0.6 is 0 Å². The zero-order valence-electron chi connectivity index (χ0n) is 19.3. The summed E-state index contributed by atoms with van der Waals surface area (Å²) >= 11 is 0. The number of hydrogen-bond acceptors (Lipinski definition) is 4. The van der Waals surface area contributed by atoms with Gasteiger partial charge in [-0.25, -0.2) is 0 Å². The SMILES string of the molecule is COc1ccc(C2=CC(c3ccc(OC)cc3)C3CCCCC34Nc3ccccc3N24)cc1. The lowest BCUT2D eigenvalue weighted by molar-refractivity contribution is 0.198. The number of allylic oxidation sites excluding steroid dienone is 1. The molecule has 1 saturated carbocycles. The molecule has 0 saturated heterocycles. The lowest BCUT2D eigenvalue weighted by Gasteiger charge is -2.54. The van der Waals surface area contributed by atoms with Gasteiger partial charge in [0.05, 0.1) is 25.6 Å². The van der Waals surface area contributed by atoms with Crippen LogP contribution in [0.1, 0.15) is 42.7 Å². The Labute approximate surface area is 195 Å². The smallest absolute Gasteiger partial charge is 0.119 e. The highest BCUT2D eigenvalue weighted by molar-refractivity contribution is 5.93. The first kappa shape index (κ1) is 20.2. The predicted octanol–water partition coefficient (Wildman–Crippen LogP) is 6.66. The van der Waals surface area contributed by atoms with Crippen molar-refractivity contribution in [1.82, 2.24) is 0 Å². The van der Waals surface area contributed by atoms with E-state index in [9.17, 15) is 0 Å². The predicted molar refractivity (Wildman–Crippen MR) is 134 cm³/mol. The summed E-state index contributed by atoms with van der Waals surface area (Å²) in [6.45, 7) is 0. The third-order valence-corrected chi connectivity index (χ3v) is 7.73. The lowest BCUT2D eigenvalue weighted by atomic mass is 9.66. The number of hydrogen-bond donors (Lipinski definition) is 1. The van der Waals surface area contributed by atoms with E-state index in [2.05, 4.69) is 89.1 Å². The standard InChI is InChI=1S/C29H30N2O2/c1-32-22-14-10-20(11-15-22)24-19-28(21-12-16-23(33-2)17-13-21)31-27-9-4-3-8-26(27)30-29(31)18-6-5-7-25(24)29/h3-4,8-17,19,24-25,30H,5-7,18H2,1-2H3.